The summed E-state index contributed by atoms with van der Waals surface area (Å²) >= 11 is 7.32. The first-order valence-corrected chi connectivity index (χ1v) is 6.08. The molecule has 88 valence electrons. The number of rotatable bonds is 2. The van der Waals surface area contributed by atoms with Crippen molar-refractivity contribution in [3.8, 4) is 10.4 Å². The Morgan fingerprint density at radius 3 is 2.71 bits per heavy atom. The van der Waals surface area contributed by atoms with E-state index in [0.717, 1.165) is 10.4 Å². The normalized spacial score (nSPS) is 10.5. The number of benzene rings is 1. The van der Waals surface area contributed by atoms with Crippen LogP contribution in [0.15, 0.2) is 24.3 Å². The quantitative estimate of drug-likeness (QED) is 0.816. The highest BCUT2D eigenvalue weighted by Gasteiger charge is 2.19. The summed E-state index contributed by atoms with van der Waals surface area (Å²) in [5.74, 6) is -0.954. The number of halogens is 1. The van der Waals surface area contributed by atoms with Gasteiger partial charge in [0, 0.05) is 5.69 Å². The standard InChI is InChI=1S/C12H10ClNO2S/c1-6-9(13)11(17-10(6)12(15)16)7-3-2-4-8(14)5-7/h2-5H,14H2,1H3,(H,15,16). The van der Waals surface area contributed by atoms with Crippen molar-refractivity contribution in [3.05, 3.63) is 39.7 Å². The molecule has 0 spiro atoms. The van der Waals surface area contributed by atoms with E-state index in [0.29, 0.717) is 16.3 Å². The number of thiophene rings is 1. The number of carboxylic acid groups (broad SMARTS) is 1. The van der Waals surface area contributed by atoms with E-state index in [-0.39, 0.29) is 4.88 Å². The van der Waals surface area contributed by atoms with Gasteiger partial charge >= 0.3 is 5.97 Å². The van der Waals surface area contributed by atoms with E-state index < -0.39 is 5.97 Å². The zero-order valence-corrected chi connectivity index (χ0v) is 10.6. The lowest BCUT2D eigenvalue weighted by Gasteiger charge is -2.00. The van der Waals surface area contributed by atoms with Crippen molar-refractivity contribution in [2.75, 3.05) is 5.73 Å². The van der Waals surface area contributed by atoms with Gasteiger partial charge in [0.05, 0.1) is 9.90 Å². The van der Waals surface area contributed by atoms with Gasteiger partial charge in [0.2, 0.25) is 0 Å². The third kappa shape index (κ3) is 2.14. The lowest BCUT2D eigenvalue weighted by molar-refractivity contribution is 0.0701. The van der Waals surface area contributed by atoms with Crippen molar-refractivity contribution in [1.82, 2.24) is 0 Å². The van der Waals surface area contributed by atoms with Gasteiger partial charge < -0.3 is 10.8 Å². The monoisotopic (exact) mass is 267 g/mol. The third-order valence-corrected chi connectivity index (χ3v) is 4.33. The van der Waals surface area contributed by atoms with Crippen molar-refractivity contribution < 1.29 is 9.90 Å². The van der Waals surface area contributed by atoms with E-state index in [1.807, 2.05) is 12.1 Å². The van der Waals surface area contributed by atoms with Gasteiger partial charge in [0.25, 0.3) is 0 Å². The molecule has 0 aliphatic carbocycles. The number of aromatic carboxylic acids is 1. The number of nitrogens with two attached hydrogens (primary N) is 1. The molecular weight excluding hydrogens is 258 g/mol. The minimum absolute atomic E-state index is 0.271. The summed E-state index contributed by atoms with van der Waals surface area (Å²) in [6.07, 6.45) is 0. The molecule has 0 saturated heterocycles. The van der Waals surface area contributed by atoms with E-state index in [2.05, 4.69) is 0 Å². The first kappa shape index (κ1) is 12.0. The zero-order valence-electron chi connectivity index (χ0n) is 9.03. The molecule has 0 amide bonds. The summed E-state index contributed by atoms with van der Waals surface area (Å²) in [6.45, 7) is 1.71. The SMILES string of the molecule is Cc1c(C(=O)O)sc(-c2cccc(N)c2)c1Cl. The second kappa shape index (κ2) is 4.39. The molecule has 0 aliphatic rings. The average molecular weight is 268 g/mol. The molecule has 3 nitrogen and oxygen atoms in total. The molecule has 5 heteroatoms. The predicted molar refractivity (Wildman–Crippen MR) is 70.9 cm³/mol. The molecule has 0 saturated carbocycles. The Labute approximate surface area is 107 Å². The van der Waals surface area contributed by atoms with Crippen LogP contribution >= 0.6 is 22.9 Å². The fourth-order valence-electron chi connectivity index (χ4n) is 1.56. The molecule has 2 rings (SSSR count). The van der Waals surface area contributed by atoms with Crippen LogP contribution in [0, 0.1) is 6.92 Å². The summed E-state index contributed by atoms with van der Waals surface area (Å²) in [6, 6.07) is 7.23. The van der Waals surface area contributed by atoms with Crippen molar-refractivity contribution in [2.24, 2.45) is 0 Å². The minimum atomic E-state index is -0.954. The molecule has 0 bridgehead atoms. The Morgan fingerprint density at radius 2 is 2.18 bits per heavy atom. The summed E-state index contributed by atoms with van der Waals surface area (Å²) in [7, 11) is 0. The summed E-state index contributed by atoms with van der Waals surface area (Å²) < 4.78 is 0. The van der Waals surface area contributed by atoms with Crippen LogP contribution in [0.1, 0.15) is 15.2 Å². The van der Waals surface area contributed by atoms with Crippen molar-refractivity contribution in [2.45, 2.75) is 6.92 Å². The molecule has 3 N–H and O–H groups in total. The molecule has 0 unspecified atom stereocenters. The van der Waals surface area contributed by atoms with Crippen molar-refractivity contribution in [1.29, 1.82) is 0 Å². The van der Waals surface area contributed by atoms with Gasteiger partial charge in [-0.25, -0.2) is 4.79 Å². The molecule has 0 radical (unpaired) electrons. The smallest absolute Gasteiger partial charge is 0.346 e. The fourth-order valence-corrected chi connectivity index (χ4v) is 2.97. The molecule has 1 aromatic carbocycles. The average Bonchev–Trinajstić information content (AvgIpc) is 2.56. The van der Waals surface area contributed by atoms with Crippen LogP contribution < -0.4 is 5.73 Å². The third-order valence-electron chi connectivity index (χ3n) is 2.42. The maximum atomic E-state index is 11.0. The molecule has 1 heterocycles. The zero-order chi connectivity index (χ0) is 12.6. The molecule has 0 aliphatic heterocycles. The highest BCUT2D eigenvalue weighted by Crippen LogP contribution is 2.40. The van der Waals surface area contributed by atoms with Gasteiger partial charge in [-0.3, -0.25) is 0 Å². The molecule has 17 heavy (non-hydrogen) atoms. The van der Waals surface area contributed by atoms with Crippen LogP contribution in [0.2, 0.25) is 5.02 Å². The first-order valence-electron chi connectivity index (χ1n) is 4.89. The Hall–Kier alpha value is -1.52. The number of anilines is 1. The van der Waals surface area contributed by atoms with Crippen molar-refractivity contribution in [3.63, 3.8) is 0 Å². The van der Waals surface area contributed by atoms with E-state index in [4.69, 9.17) is 22.4 Å². The van der Waals surface area contributed by atoms with Gasteiger partial charge in [0.1, 0.15) is 4.88 Å². The largest absolute Gasteiger partial charge is 0.477 e. The van der Waals surface area contributed by atoms with Gasteiger partial charge in [-0.15, -0.1) is 11.3 Å². The van der Waals surface area contributed by atoms with E-state index in [1.54, 1.807) is 19.1 Å². The van der Waals surface area contributed by atoms with Crippen molar-refractivity contribution >= 4 is 34.6 Å². The minimum Gasteiger partial charge on any atom is -0.477 e. The molecule has 0 atom stereocenters. The second-order valence-electron chi connectivity index (χ2n) is 3.63. The Morgan fingerprint density at radius 1 is 1.47 bits per heavy atom. The Kier molecular flexibility index (Phi) is 3.09. The molecule has 1 aromatic heterocycles. The van der Waals surface area contributed by atoms with E-state index >= 15 is 0 Å². The number of hydrogen-bond donors (Lipinski definition) is 2. The molecule has 0 fully saturated rings. The van der Waals surface area contributed by atoms with Crippen LogP contribution in [0.3, 0.4) is 0 Å². The summed E-state index contributed by atoms with van der Waals surface area (Å²) in [4.78, 5) is 12.0. The molecular formula is C12H10ClNO2S. The van der Waals surface area contributed by atoms with Crippen LogP contribution in [0.5, 0.6) is 0 Å². The predicted octanol–water partition coefficient (Wildman–Crippen LogP) is 3.66. The van der Waals surface area contributed by atoms with Crippen LogP contribution in [-0.2, 0) is 0 Å². The molecule has 2 aromatic rings. The van der Waals surface area contributed by atoms with Gasteiger partial charge in [0.15, 0.2) is 0 Å². The highest BCUT2D eigenvalue weighted by molar-refractivity contribution is 7.18. The van der Waals surface area contributed by atoms with Gasteiger partial charge in [-0.1, -0.05) is 23.7 Å². The Balaban J connectivity index is 2.61. The van der Waals surface area contributed by atoms with E-state index in [9.17, 15) is 4.79 Å². The van der Waals surface area contributed by atoms with E-state index in [1.165, 1.54) is 11.3 Å². The van der Waals surface area contributed by atoms with Gasteiger partial charge in [-0.05, 0) is 30.2 Å². The van der Waals surface area contributed by atoms with Crippen LogP contribution in [0.4, 0.5) is 5.69 Å². The van der Waals surface area contributed by atoms with Crippen LogP contribution in [-0.4, -0.2) is 11.1 Å². The topological polar surface area (TPSA) is 63.3 Å². The summed E-state index contributed by atoms with van der Waals surface area (Å²) in [5.41, 5.74) is 7.76. The van der Waals surface area contributed by atoms with Gasteiger partial charge in [-0.2, -0.15) is 0 Å². The maximum absolute atomic E-state index is 11.0. The number of carbonyl (C=O) groups is 1. The fraction of sp³-hybridized carbons (Fsp3) is 0.0833. The highest BCUT2D eigenvalue weighted by atomic mass is 35.5. The second-order valence-corrected chi connectivity index (χ2v) is 5.03. The first-order chi connectivity index (χ1) is 8.00. The Bertz CT molecular complexity index is 592. The lowest BCUT2D eigenvalue weighted by atomic mass is 10.1. The number of hydrogen-bond acceptors (Lipinski definition) is 3. The lowest BCUT2D eigenvalue weighted by Crippen LogP contribution is -1.93. The van der Waals surface area contributed by atoms with Crippen LogP contribution in [0.25, 0.3) is 10.4 Å². The number of nitrogen functional groups attached to an aromatic ring is 1. The maximum Gasteiger partial charge on any atom is 0.346 e. The number of carboxylic acids is 1. The summed E-state index contributed by atoms with van der Waals surface area (Å²) in [5, 5.41) is 9.52.